The van der Waals surface area contributed by atoms with Crippen molar-refractivity contribution in [2.75, 3.05) is 0 Å². The molecule has 0 fully saturated rings. The molecule has 0 saturated heterocycles. The number of hydrogen-bond donors (Lipinski definition) is 1. The van der Waals surface area contributed by atoms with E-state index in [-0.39, 0.29) is 11.1 Å². The Balaban J connectivity index is 2.08. The highest BCUT2D eigenvalue weighted by atomic mass is 35.5. The van der Waals surface area contributed by atoms with Gasteiger partial charge in [0.15, 0.2) is 0 Å². The van der Waals surface area contributed by atoms with Crippen LogP contribution >= 0.6 is 23.2 Å². The monoisotopic (exact) mass is 299 g/mol. The minimum atomic E-state index is -0.475. The van der Waals surface area contributed by atoms with E-state index in [2.05, 4.69) is 15.3 Å². The molecular weight excluding hydrogens is 288 g/mol. The van der Waals surface area contributed by atoms with Crippen LogP contribution in [0.15, 0.2) is 30.7 Å². The Morgan fingerprint density at radius 3 is 2.79 bits per heavy atom. The third kappa shape index (κ3) is 3.62. The summed E-state index contributed by atoms with van der Waals surface area (Å²) < 4.78 is 13.4. The molecule has 0 aliphatic rings. The van der Waals surface area contributed by atoms with Gasteiger partial charge < -0.3 is 5.32 Å². The second-order valence-corrected chi connectivity index (χ2v) is 4.91. The van der Waals surface area contributed by atoms with Crippen molar-refractivity contribution in [3.63, 3.8) is 0 Å². The summed E-state index contributed by atoms with van der Waals surface area (Å²) in [6.07, 6.45) is 3.15. The number of rotatable bonds is 4. The molecule has 1 aromatic heterocycles. The predicted octanol–water partition coefficient (Wildman–Crippen LogP) is 3.77. The van der Waals surface area contributed by atoms with Gasteiger partial charge in [0.25, 0.3) is 0 Å². The Kier molecular flexibility index (Phi) is 4.69. The highest BCUT2D eigenvalue weighted by molar-refractivity contribution is 6.35. The van der Waals surface area contributed by atoms with Crippen molar-refractivity contribution in [3.8, 4) is 0 Å². The molecule has 0 bridgehead atoms. The van der Waals surface area contributed by atoms with Gasteiger partial charge >= 0.3 is 0 Å². The first-order chi connectivity index (χ1) is 9.08. The van der Waals surface area contributed by atoms with E-state index in [1.165, 1.54) is 18.5 Å². The summed E-state index contributed by atoms with van der Waals surface area (Å²) in [6, 6.07) is 4.46. The van der Waals surface area contributed by atoms with Gasteiger partial charge in [0, 0.05) is 23.8 Å². The van der Waals surface area contributed by atoms with Crippen LogP contribution in [0.3, 0.4) is 0 Å². The van der Waals surface area contributed by atoms with Crippen molar-refractivity contribution < 1.29 is 4.39 Å². The highest BCUT2D eigenvalue weighted by Gasteiger charge is 2.13. The number of aromatic nitrogens is 2. The van der Waals surface area contributed by atoms with E-state index >= 15 is 0 Å². The number of benzene rings is 1. The maximum absolute atomic E-state index is 13.4. The summed E-state index contributed by atoms with van der Waals surface area (Å²) in [7, 11) is 0. The first-order valence-corrected chi connectivity index (χ1v) is 6.46. The Labute approximate surface area is 120 Å². The van der Waals surface area contributed by atoms with Crippen LogP contribution in [0.5, 0.6) is 0 Å². The third-order valence-electron chi connectivity index (χ3n) is 2.74. The molecule has 19 heavy (non-hydrogen) atoms. The van der Waals surface area contributed by atoms with Gasteiger partial charge in [0.1, 0.15) is 12.1 Å². The molecule has 0 aliphatic heterocycles. The zero-order chi connectivity index (χ0) is 13.8. The molecule has 100 valence electrons. The number of nitrogens with one attached hydrogen (secondary N) is 1. The van der Waals surface area contributed by atoms with Crippen molar-refractivity contribution >= 4 is 23.2 Å². The minimum absolute atomic E-state index is 0.0248. The quantitative estimate of drug-likeness (QED) is 0.873. The molecule has 2 rings (SSSR count). The molecular formula is C13H12Cl2FN3. The van der Waals surface area contributed by atoms with Crippen LogP contribution < -0.4 is 5.32 Å². The standard InChI is InChI=1S/C13H12Cl2FN3/c1-8(18-6-9-2-3-17-7-19-9)10-4-13(16)12(15)5-11(10)14/h2-5,7-8,18H,6H2,1H3. The second kappa shape index (κ2) is 6.28. The topological polar surface area (TPSA) is 37.8 Å². The Hall–Kier alpha value is -1.23. The molecule has 1 aromatic carbocycles. The summed E-state index contributed by atoms with van der Waals surface area (Å²) in [4.78, 5) is 7.94. The third-order valence-corrected chi connectivity index (χ3v) is 3.36. The van der Waals surface area contributed by atoms with E-state index in [1.807, 2.05) is 13.0 Å². The SMILES string of the molecule is CC(NCc1ccncn1)c1cc(F)c(Cl)cc1Cl. The zero-order valence-corrected chi connectivity index (χ0v) is 11.7. The maximum Gasteiger partial charge on any atom is 0.142 e. The van der Waals surface area contributed by atoms with Crippen LogP contribution in [0.1, 0.15) is 24.2 Å². The lowest BCUT2D eigenvalue weighted by molar-refractivity contribution is 0.559. The molecule has 0 aliphatic carbocycles. The molecule has 0 amide bonds. The molecule has 6 heteroatoms. The summed E-state index contributed by atoms with van der Waals surface area (Å²) in [6.45, 7) is 2.44. The van der Waals surface area contributed by atoms with Crippen LogP contribution in [0, 0.1) is 5.82 Å². The van der Waals surface area contributed by atoms with E-state index in [4.69, 9.17) is 23.2 Å². The summed E-state index contributed by atoms with van der Waals surface area (Å²) >= 11 is 11.7. The number of hydrogen-bond acceptors (Lipinski definition) is 3. The van der Waals surface area contributed by atoms with Crippen molar-refractivity contribution in [2.24, 2.45) is 0 Å². The van der Waals surface area contributed by atoms with E-state index < -0.39 is 5.82 Å². The van der Waals surface area contributed by atoms with E-state index in [0.717, 1.165) is 5.69 Å². The van der Waals surface area contributed by atoms with Crippen LogP contribution in [0.2, 0.25) is 10.0 Å². The van der Waals surface area contributed by atoms with Gasteiger partial charge in [-0.2, -0.15) is 0 Å². The molecule has 1 heterocycles. The Morgan fingerprint density at radius 1 is 1.32 bits per heavy atom. The van der Waals surface area contributed by atoms with Gasteiger partial charge in [-0.25, -0.2) is 14.4 Å². The molecule has 1 atom stereocenters. The van der Waals surface area contributed by atoms with Gasteiger partial charge in [0.2, 0.25) is 0 Å². The van der Waals surface area contributed by atoms with Gasteiger partial charge in [-0.15, -0.1) is 0 Å². The summed E-state index contributed by atoms with van der Waals surface area (Å²) in [5, 5.41) is 3.68. The van der Waals surface area contributed by atoms with Crippen molar-refractivity contribution in [1.29, 1.82) is 0 Å². The van der Waals surface area contributed by atoms with Crippen molar-refractivity contribution in [2.45, 2.75) is 19.5 Å². The molecule has 0 radical (unpaired) electrons. The average Bonchev–Trinajstić information content (AvgIpc) is 2.41. The maximum atomic E-state index is 13.4. The van der Waals surface area contributed by atoms with Crippen LogP contribution in [0.4, 0.5) is 4.39 Å². The highest BCUT2D eigenvalue weighted by Crippen LogP contribution is 2.28. The van der Waals surface area contributed by atoms with E-state index in [0.29, 0.717) is 17.1 Å². The molecule has 1 unspecified atom stereocenters. The second-order valence-electron chi connectivity index (χ2n) is 4.09. The van der Waals surface area contributed by atoms with Crippen LogP contribution in [-0.4, -0.2) is 9.97 Å². The van der Waals surface area contributed by atoms with Gasteiger partial charge in [-0.05, 0) is 30.7 Å². The average molecular weight is 300 g/mol. The van der Waals surface area contributed by atoms with E-state index in [1.54, 1.807) is 6.20 Å². The molecule has 1 N–H and O–H groups in total. The summed E-state index contributed by atoms with van der Waals surface area (Å²) in [5.74, 6) is -0.475. The fourth-order valence-corrected chi connectivity index (χ4v) is 2.21. The largest absolute Gasteiger partial charge is 0.305 e. The van der Waals surface area contributed by atoms with Crippen LogP contribution in [-0.2, 0) is 6.54 Å². The molecule has 2 aromatic rings. The van der Waals surface area contributed by atoms with E-state index in [9.17, 15) is 4.39 Å². The lowest BCUT2D eigenvalue weighted by Gasteiger charge is -2.16. The summed E-state index contributed by atoms with van der Waals surface area (Å²) in [5.41, 5.74) is 1.52. The first kappa shape index (κ1) is 14.2. The van der Waals surface area contributed by atoms with Crippen molar-refractivity contribution in [3.05, 3.63) is 57.8 Å². The number of nitrogens with zero attached hydrogens (tertiary/aromatic N) is 2. The minimum Gasteiger partial charge on any atom is -0.305 e. The molecule has 0 saturated carbocycles. The number of halogens is 3. The van der Waals surface area contributed by atoms with Crippen molar-refractivity contribution in [1.82, 2.24) is 15.3 Å². The fraction of sp³-hybridized carbons (Fsp3) is 0.231. The molecule has 3 nitrogen and oxygen atoms in total. The lowest BCUT2D eigenvalue weighted by atomic mass is 10.1. The fourth-order valence-electron chi connectivity index (χ4n) is 1.66. The van der Waals surface area contributed by atoms with Gasteiger partial charge in [-0.3, -0.25) is 0 Å². The van der Waals surface area contributed by atoms with Gasteiger partial charge in [-0.1, -0.05) is 23.2 Å². The smallest absolute Gasteiger partial charge is 0.142 e. The Bertz CT molecular complexity index is 563. The lowest BCUT2D eigenvalue weighted by Crippen LogP contribution is -2.19. The van der Waals surface area contributed by atoms with Gasteiger partial charge in [0.05, 0.1) is 10.7 Å². The zero-order valence-electron chi connectivity index (χ0n) is 10.2. The first-order valence-electron chi connectivity index (χ1n) is 5.70. The molecule has 0 spiro atoms. The van der Waals surface area contributed by atoms with Crippen LogP contribution in [0.25, 0.3) is 0 Å². The normalized spacial score (nSPS) is 12.4. The predicted molar refractivity (Wildman–Crippen MR) is 73.7 cm³/mol. The Morgan fingerprint density at radius 2 is 2.11 bits per heavy atom.